The fourth-order valence-electron chi connectivity index (χ4n) is 3.62. The first-order chi connectivity index (χ1) is 16.5. The maximum atomic E-state index is 13.3. The Labute approximate surface area is 200 Å². The number of alkyl halides is 3. The van der Waals surface area contributed by atoms with Crippen LogP contribution in [0.15, 0.2) is 41.8 Å². The molecule has 1 aliphatic heterocycles. The van der Waals surface area contributed by atoms with Crippen molar-refractivity contribution >= 4 is 21.6 Å². The Kier molecular flexibility index (Phi) is 6.93. The third kappa shape index (κ3) is 6.44. The van der Waals surface area contributed by atoms with Gasteiger partial charge in [0.1, 0.15) is 24.7 Å². The first-order valence-electron chi connectivity index (χ1n) is 10.9. The van der Waals surface area contributed by atoms with Crippen molar-refractivity contribution in [2.45, 2.75) is 31.6 Å². The largest absolute Gasteiger partial charge is 0.486 e. The summed E-state index contributed by atoms with van der Waals surface area (Å²) >= 11 is 0. The van der Waals surface area contributed by atoms with Gasteiger partial charge in [-0.15, -0.1) is 0 Å². The molecule has 1 amide bonds. The molecule has 0 unspecified atom stereocenters. The molecule has 1 aromatic carbocycles. The number of hydrogen-bond donors (Lipinski definition) is 2. The highest BCUT2D eigenvalue weighted by Gasteiger charge is 2.35. The number of rotatable bonds is 8. The van der Waals surface area contributed by atoms with Gasteiger partial charge in [-0.3, -0.25) is 4.79 Å². The normalized spacial score (nSPS) is 16.7. The smallest absolute Gasteiger partial charge is 0.433 e. The van der Waals surface area contributed by atoms with Gasteiger partial charge in [-0.1, -0.05) is 18.2 Å². The number of pyridine rings is 1. The second-order valence-electron chi connectivity index (χ2n) is 8.38. The predicted octanol–water partition coefficient (Wildman–Crippen LogP) is 3.55. The van der Waals surface area contributed by atoms with Crippen molar-refractivity contribution in [3.05, 3.63) is 58.6 Å². The van der Waals surface area contributed by atoms with E-state index in [1.54, 1.807) is 18.2 Å². The van der Waals surface area contributed by atoms with E-state index in [0.29, 0.717) is 30.3 Å². The molecule has 1 fully saturated rings. The highest BCUT2D eigenvalue weighted by Crippen LogP contribution is 2.36. The van der Waals surface area contributed by atoms with E-state index in [1.165, 1.54) is 6.08 Å². The van der Waals surface area contributed by atoms with Gasteiger partial charge in [0.05, 0.1) is 11.6 Å². The second-order valence-corrected chi connectivity index (χ2v) is 10.3. The van der Waals surface area contributed by atoms with E-state index in [4.69, 9.17) is 9.47 Å². The predicted molar refractivity (Wildman–Crippen MR) is 122 cm³/mol. The van der Waals surface area contributed by atoms with Crippen molar-refractivity contribution in [1.29, 1.82) is 0 Å². The molecule has 0 bridgehead atoms. The second kappa shape index (κ2) is 9.76. The summed E-state index contributed by atoms with van der Waals surface area (Å²) in [6.07, 6.45) is -0.673. The number of anilines is 1. The van der Waals surface area contributed by atoms with Crippen LogP contribution in [0.1, 0.15) is 34.5 Å². The van der Waals surface area contributed by atoms with Gasteiger partial charge in [-0.2, -0.15) is 13.2 Å². The highest BCUT2D eigenvalue weighted by atomic mass is 32.2. The van der Waals surface area contributed by atoms with E-state index in [9.17, 15) is 26.4 Å². The van der Waals surface area contributed by atoms with Gasteiger partial charge in [-0.05, 0) is 37.0 Å². The number of benzene rings is 1. The van der Waals surface area contributed by atoms with Gasteiger partial charge in [-0.25, -0.2) is 13.4 Å². The summed E-state index contributed by atoms with van der Waals surface area (Å²) < 4.78 is 74.2. The molecule has 1 atom stereocenters. The Morgan fingerprint density at radius 1 is 1.20 bits per heavy atom. The van der Waals surface area contributed by atoms with Crippen LogP contribution in [0.3, 0.4) is 0 Å². The van der Waals surface area contributed by atoms with E-state index in [-0.39, 0.29) is 23.8 Å². The van der Waals surface area contributed by atoms with Crippen LogP contribution in [0.25, 0.3) is 0 Å². The molecule has 1 aliphatic carbocycles. The molecular weight excluding hydrogens is 487 g/mol. The molecule has 35 heavy (non-hydrogen) atoms. The van der Waals surface area contributed by atoms with Crippen molar-refractivity contribution in [1.82, 2.24) is 10.3 Å². The van der Waals surface area contributed by atoms with Gasteiger partial charge < -0.3 is 20.1 Å². The Balaban J connectivity index is 1.60. The topological polar surface area (TPSA) is 107 Å². The van der Waals surface area contributed by atoms with Crippen LogP contribution in [-0.2, 0) is 22.6 Å². The molecule has 1 aromatic heterocycles. The molecule has 2 N–H and O–H groups in total. The monoisotopic (exact) mass is 511 g/mol. The van der Waals surface area contributed by atoms with Crippen LogP contribution in [0, 0.1) is 5.92 Å². The number of sulfone groups is 1. The fourth-order valence-corrected chi connectivity index (χ4v) is 4.08. The van der Waals surface area contributed by atoms with Gasteiger partial charge in [0.15, 0.2) is 21.3 Å². The lowest BCUT2D eigenvalue weighted by Gasteiger charge is -2.22. The first-order valence-corrected chi connectivity index (χ1v) is 12.9. The number of amides is 1. The quantitative estimate of drug-likeness (QED) is 0.558. The van der Waals surface area contributed by atoms with Crippen molar-refractivity contribution in [3.8, 4) is 11.5 Å². The number of halogens is 3. The lowest BCUT2D eigenvalue weighted by atomic mass is 10.1. The minimum absolute atomic E-state index is 0.0289. The van der Waals surface area contributed by atoms with E-state index in [0.717, 1.165) is 36.6 Å². The Morgan fingerprint density at radius 2 is 1.94 bits per heavy atom. The lowest BCUT2D eigenvalue weighted by molar-refractivity contribution is -0.141. The van der Waals surface area contributed by atoms with Crippen LogP contribution in [-0.4, -0.2) is 44.8 Å². The Hall–Kier alpha value is -3.28. The van der Waals surface area contributed by atoms with Crippen LogP contribution < -0.4 is 20.1 Å². The number of carbonyl (C=O) groups excluding carboxylic acids is 1. The number of nitrogens with zero attached hydrogens (tertiary/aromatic N) is 1. The summed E-state index contributed by atoms with van der Waals surface area (Å²) in [4.78, 5) is 16.7. The number of para-hydroxylation sites is 1. The van der Waals surface area contributed by atoms with Gasteiger partial charge in [0.2, 0.25) is 0 Å². The number of carbonyl (C=O) groups is 1. The minimum atomic E-state index is -4.71. The van der Waals surface area contributed by atoms with E-state index in [1.807, 2.05) is 0 Å². The summed E-state index contributed by atoms with van der Waals surface area (Å²) in [6.45, 7) is 0.753. The molecule has 0 saturated heterocycles. The van der Waals surface area contributed by atoms with Gasteiger partial charge in [0, 0.05) is 23.8 Å². The van der Waals surface area contributed by atoms with Crippen LogP contribution >= 0.6 is 0 Å². The Bertz CT molecular complexity index is 1240. The molecule has 2 heterocycles. The van der Waals surface area contributed by atoms with Crippen molar-refractivity contribution in [2.75, 3.05) is 24.8 Å². The summed E-state index contributed by atoms with van der Waals surface area (Å²) in [5.41, 5.74) is -0.625. The fraction of sp³-hybridized carbons (Fsp3) is 0.391. The number of fused-ring (bicyclic) bond motifs is 1. The van der Waals surface area contributed by atoms with Crippen molar-refractivity contribution in [2.24, 2.45) is 5.92 Å². The average molecular weight is 512 g/mol. The molecule has 2 aromatic rings. The first kappa shape index (κ1) is 24.8. The lowest BCUT2D eigenvalue weighted by Crippen LogP contribution is -2.35. The van der Waals surface area contributed by atoms with Crippen LogP contribution in [0.5, 0.6) is 11.5 Å². The molecule has 0 spiro atoms. The Morgan fingerprint density at radius 3 is 2.63 bits per heavy atom. The zero-order valence-corrected chi connectivity index (χ0v) is 19.6. The van der Waals surface area contributed by atoms with Crippen LogP contribution in [0.4, 0.5) is 19.0 Å². The molecule has 0 radical (unpaired) electrons. The molecular formula is C23H24F3N3O5S. The van der Waals surface area contributed by atoms with E-state index in [2.05, 4.69) is 15.6 Å². The van der Waals surface area contributed by atoms with Crippen molar-refractivity contribution in [3.63, 3.8) is 0 Å². The number of aromatic nitrogens is 1. The van der Waals surface area contributed by atoms with Crippen LogP contribution in [0.2, 0.25) is 0 Å². The summed E-state index contributed by atoms with van der Waals surface area (Å²) in [5.74, 6) is 0.134. The summed E-state index contributed by atoms with van der Waals surface area (Å²) in [5, 5.41) is 6.56. The van der Waals surface area contributed by atoms with E-state index >= 15 is 0 Å². The summed E-state index contributed by atoms with van der Waals surface area (Å²) in [6, 6.07) is 6.40. The standard InChI is InChI=1S/C23H24F3N3O5S/c1-35(31,32)12-9-17(14-5-6-14)28-22(30)16-7-8-19(23(24,25)26)29-21(16)27-13-15-3-2-4-18-20(15)34-11-10-33-18/h2-4,7-9,12,14,17H,5-6,10-11,13H2,1H3,(H,27,29)(H,28,30)/b12-9+/t17-/m1/s1. The number of nitrogens with one attached hydrogen (secondary N) is 2. The zero-order chi connectivity index (χ0) is 25.2. The third-order valence-corrected chi connectivity index (χ3v) is 6.14. The number of ether oxygens (including phenoxy) is 2. The molecule has 12 heteroatoms. The summed E-state index contributed by atoms with van der Waals surface area (Å²) in [7, 11) is -3.41. The molecule has 4 rings (SSSR count). The average Bonchev–Trinajstić information content (AvgIpc) is 3.64. The molecule has 1 saturated carbocycles. The maximum absolute atomic E-state index is 13.3. The third-order valence-electron chi connectivity index (χ3n) is 5.49. The highest BCUT2D eigenvalue weighted by molar-refractivity contribution is 7.93. The van der Waals surface area contributed by atoms with Crippen molar-refractivity contribution < 1.29 is 35.9 Å². The minimum Gasteiger partial charge on any atom is -0.486 e. The van der Waals surface area contributed by atoms with Gasteiger partial charge >= 0.3 is 6.18 Å². The maximum Gasteiger partial charge on any atom is 0.433 e. The number of hydrogen-bond acceptors (Lipinski definition) is 7. The SMILES string of the molecule is CS(=O)(=O)/C=C/[C@@H](NC(=O)c1ccc(C(F)(F)F)nc1NCc1cccc2c1OCCO2)C1CC1. The van der Waals surface area contributed by atoms with E-state index < -0.39 is 33.7 Å². The molecule has 188 valence electrons. The van der Waals surface area contributed by atoms with Gasteiger partial charge in [0.25, 0.3) is 5.91 Å². The zero-order valence-electron chi connectivity index (χ0n) is 18.8. The molecule has 2 aliphatic rings. The molecule has 8 nitrogen and oxygen atoms in total.